The first-order chi connectivity index (χ1) is 14.6. The molecule has 1 aliphatic rings. The van der Waals surface area contributed by atoms with E-state index in [1.807, 2.05) is 48.2 Å². The summed E-state index contributed by atoms with van der Waals surface area (Å²) in [6.45, 7) is 3.53. The highest BCUT2D eigenvalue weighted by atomic mass is 16.2. The van der Waals surface area contributed by atoms with Crippen molar-refractivity contribution >= 4 is 11.8 Å². The van der Waals surface area contributed by atoms with Crippen molar-refractivity contribution in [1.29, 1.82) is 0 Å². The summed E-state index contributed by atoms with van der Waals surface area (Å²) in [5.74, 6) is -0.263. The topological polar surface area (TPSA) is 93.0 Å². The Morgan fingerprint density at radius 2 is 2.03 bits per heavy atom. The van der Waals surface area contributed by atoms with Gasteiger partial charge < -0.3 is 10.2 Å². The molecule has 1 atom stereocenters. The number of benzene rings is 1. The number of hydrogen-bond donors (Lipinski definition) is 1. The van der Waals surface area contributed by atoms with Crippen LogP contribution in [0.1, 0.15) is 44.9 Å². The van der Waals surface area contributed by atoms with Crippen LogP contribution in [0.2, 0.25) is 0 Å². The van der Waals surface area contributed by atoms with Crippen LogP contribution in [0.3, 0.4) is 0 Å². The lowest BCUT2D eigenvalue weighted by atomic mass is 10.1. The summed E-state index contributed by atoms with van der Waals surface area (Å²) in [5.41, 5.74) is 2.75. The molecule has 3 aromatic rings. The molecule has 0 aliphatic carbocycles. The summed E-state index contributed by atoms with van der Waals surface area (Å²) in [6.07, 6.45) is 5.13. The van der Waals surface area contributed by atoms with Gasteiger partial charge in [0.05, 0.1) is 18.8 Å². The highest BCUT2D eigenvalue weighted by molar-refractivity contribution is 5.94. The zero-order valence-corrected chi connectivity index (χ0v) is 16.9. The number of nitrogens with zero attached hydrogens (tertiary/aromatic N) is 5. The average Bonchev–Trinajstić information content (AvgIpc) is 3.42. The van der Waals surface area contributed by atoms with E-state index in [1.54, 1.807) is 23.1 Å². The largest absolute Gasteiger partial charge is 0.347 e. The van der Waals surface area contributed by atoms with Gasteiger partial charge in [-0.2, -0.15) is 0 Å². The number of nitrogens with one attached hydrogen (secondary N) is 1. The molecule has 8 heteroatoms. The average molecular weight is 404 g/mol. The van der Waals surface area contributed by atoms with Gasteiger partial charge >= 0.3 is 0 Å². The molecule has 0 unspecified atom stereocenters. The van der Waals surface area contributed by atoms with Crippen LogP contribution in [0.4, 0.5) is 0 Å². The molecule has 2 aromatic heterocycles. The number of carbonyl (C=O) groups excluding carboxylic acids is 2. The van der Waals surface area contributed by atoms with Gasteiger partial charge in [-0.05, 0) is 37.5 Å². The Bertz CT molecular complexity index is 1030. The monoisotopic (exact) mass is 404 g/mol. The second-order valence-corrected chi connectivity index (χ2v) is 7.47. The van der Waals surface area contributed by atoms with Crippen LogP contribution in [-0.4, -0.2) is 49.3 Å². The number of aromatic nitrogens is 4. The Balaban J connectivity index is 1.37. The fourth-order valence-electron chi connectivity index (χ4n) is 3.71. The number of carbonyl (C=O) groups is 2. The molecular formula is C22H24N6O2. The lowest BCUT2D eigenvalue weighted by Crippen LogP contribution is -2.38. The minimum absolute atomic E-state index is 0.00365. The van der Waals surface area contributed by atoms with Crippen molar-refractivity contribution < 1.29 is 9.59 Å². The maximum absolute atomic E-state index is 12.9. The standard InChI is InChI=1S/C22H24N6O2/c1-16-12-18(9-10-23-16)22(30)28-11-5-8-19(28)14-27-15-20(25-26-27)21(29)24-13-17-6-3-2-4-7-17/h2-4,6-7,9-10,12,15,19H,5,8,11,13-14H2,1H3,(H,24,29)/t19-/m0/s1. The van der Waals surface area contributed by atoms with Crippen LogP contribution in [0, 0.1) is 6.92 Å². The molecule has 1 N–H and O–H groups in total. The third-order valence-corrected chi connectivity index (χ3v) is 5.25. The zero-order valence-electron chi connectivity index (χ0n) is 16.9. The molecule has 1 aromatic carbocycles. The van der Waals surface area contributed by atoms with Gasteiger partial charge in [0, 0.05) is 30.5 Å². The molecule has 0 saturated carbocycles. The van der Waals surface area contributed by atoms with E-state index in [1.165, 1.54) is 0 Å². The fourth-order valence-corrected chi connectivity index (χ4v) is 3.71. The number of aryl methyl sites for hydroxylation is 1. The van der Waals surface area contributed by atoms with E-state index < -0.39 is 0 Å². The zero-order chi connectivity index (χ0) is 20.9. The maximum atomic E-state index is 12.9. The Kier molecular flexibility index (Phi) is 5.83. The highest BCUT2D eigenvalue weighted by Crippen LogP contribution is 2.21. The Hall–Kier alpha value is -3.55. The van der Waals surface area contributed by atoms with E-state index in [0.717, 1.165) is 24.1 Å². The van der Waals surface area contributed by atoms with Crippen molar-refractivity contribution in [3.63, 3.8) is 0 Å². The molecule has 1 fully saturated rings. The smallest absolute Gasteiger partial charge is 0.273 e. The first-order valence-electron chi connectivity index (χ1n) is 10.1. The van der Waals surface area contributed by atoms with Crippen LogP contribution in [0.5, 0.6) is 0 Å². The van der Waals surface area contributed by atoms with Crippen molar-refractivity contribution in [2.45, 2.75) is 38.9 Å². The number of rotatable bonds is 6. The second-order valence-electron chi connectivity index (χ2n) is 7.47. The van der Waals surface area contributed by atoms with Gasteiger partial charge in [0.15, 0.2) is 5.69 Å². The summed E-state index contributed by atoms with van der Waals surface area (Å²) in [4.78, 5) is 31.3. The Morgan fingerprint density at radius 3 is 2.83 bits per heavy atom. The molecule has 8 nitrogen and oxygen atoms in total. The van der Waals surface area contributed by atoms with E-state index in [-0.39, 0.29) is 23.6 Å². The molecular weight excluding hydrogens is 380 g/mol. The predicted octanol–water partition coefficient (Wildman–Crippen LogP) is 2.22. The van der Waals surface area contributed by atoms with Crippen molar-refractivity contribution in [3.8, 4) is 0 Å². The van der Waals surface area contributed by atoms with Gasteiger partial charge in [0.1, 0.15) is 0 Å². The molecule has 4 rings (SSSR count). The van der Waals surface area contributed by atoms with Crippen molar-refractivity contribution in [3.05, 3.63) is 77.4 Å². The normalized spacial score (nSPS) is 15.9. The van der Waals surface area contributed by atoms with E-state index >= 15 is 0 Å². The predicted molar refractivity (Wildman–Crippen MR) is 111 cm³/mol. The summed E-state index contributed by atoms with van der Waals surface area (Å²) in [7, 11) is 0. The Labute approximate surface area is 174 Å². The van der Waals surface area contributed by atoms with Crippen molar-refractivity contribution in [2.75, 3.05) is 6.54 Å². The van der Waals surface area contributed by atoms with Gasteiger partial charge in [-0.3, -0.25) is 14.6 Å². The lowest BCUT2D eigenvalue weighted by molar-refractivity contribution is 0.0720. The molecule has 3 heterocycles. The Morgan fingerprint density at radius 1 is 1.20 bits per heavy atom. The summed E-state index contributed by atoms with van der Waals surface area (Å²) >= 11 is 0. The third kappa shape index (κ3) is 4.53. The van der Waals surface area contributed by atoms with E-state index in [4.69, 9.17) is 0 Å². The van der Waals surface area contributed by atoms with Gasteiger partial charge in [-0.25, -0.2) is 4.68 Å². The van der Waals surface area contributed by atoms with E-state index in [2.05, 4.69) is 20.6 Å². The number of amides is 2. The highest BCUT2D eigenvalue weighted by Gasteiger charge is 2.30. The fraction of sp³-hybridized carbons (Fsp3) is 0.318. The summed E-state index contributed by atoms with van der Waals surface area (Å²) in [6, 6.07) is 13.3. The van der Waals surface area contributed by atoms with Crippen molar-refractivity contribution in [1.82, 2.24) is 30.2 Å². The van der Waals surface area contributed by atoms with Crippen LogP contribution in [-0.2, 0) is 13.1 Å². The van der Waals surface area contributed by atoms with Crippen LogP contribution < -0.4 is 5.32 Å². The first-order valence-corrected chi connectivity index (χ1v) is 10.1. The molecule has 154 valence electrons. The molecule has 2 amide bonds. The minimum Gasteiger partial charge on any atom is -0.347 e. The summed E-state index contributed by atoms with van der Waals surface area (Å²) in [5, 5.41) is 10.9. The molecule has 0 bridgehead atoms. The number of hydrogen-bond acceptors (Lipinski definition) is 5. The molecule has 0 spiro atoms. The third-order valence-electron chi connectivity index (χ3n) is 5.25. The van der Waals surface area contributed by atoms with E-state index in [9.17, 15) is 9.59 Å². The molecule has 30 heavy (non-hydrogen) atoms. The van der Waals surface area contributed by atoms with E-state index in [0.29, 0.717) is 25.2 Å². The number of likely N-dealkylation sites (tertiary alicyclic amines) is 1. The van der Waals surface area contributed by atoms with Crippen molar-refractivity contribution in [2.24, 2.45) is 0 Å². The van der Waals surface area contributed by atoms with Gasteiger partial charge in [0.25, 0.3) is 11.8 Å². The van der Waals surface area contributed by atoms with Gasteiger partial charge in [-0.15, -0.1) is 5.10 Å². The first kappa shape index (κ1) is 19.8. The minimum atomic E-state index is -0.267. The van der Waals surface area contributed by atoms with Gasteiger partial charge in [-0.1, -0.05) is 35.5 Å². The van der Waals surface area contributed by atoms with Crippen LogP contribution >= 0.6 is 0 Å². The molecule has 1 aliphatic heterocycles. The molecule has 0 radical (unpaired) electrons. The lowest BCUT2D eigenvalue weighted by Gasteiger charge is -2.24. The SMILES string of the molecule is Cc1cc(C(=O)N2CCC[C@H]2Cn2cc(C(=O)NCc3ccccc3)nn2)ccn1. The second kappa shape index (κ2) is 8.86. The maximum Gasteiger partial charge on any atom is 0.273 e. The molecule has 1 saturated heterocycles. The number of pyridine rings is 1. The van der Waals surface area contributed by atoms with Crippen LogP contribution in [0.25, 0.3) is 0 Å². The quantitative estimate of drug-likeness (QED) is 0.680. The van der Waals surface area contributed by atoms with Crippen LogP contribution in [0.15, 0.2) is 54.9 Å². The van der Waals surface area contributed by atoms with Gasteiger partial charge in [0.2, 0.25) is 0 Å². The summed E-state index contributed by atoms with van der Waals surface area (Å²) < 4.78 is 1.64.